The number of anilines is 2. The monoisotopic (exact) mass is 463 g/mol. The topological polar surface area (TPSA) is 89.1 Å². The normalized spacial score (nSPS) is 13.9. The molecule has 0 aliphatic carbocycles. The quantitative estimate of drug-likeness (QED) is 0.545. The predicted molar refractivity (Wildman–Crippen MR) is 129 cm³/mol. The number of carbonyl (C=O) groups is 1. The second kappa shape index (κ2) is 10.8. The predicted octanol–water partition coefficient (Wildman–Crippen LogP) is 3.20. The van der Waals surface area contributed by atoms with E-state index in [2.05, 4.69) is 20.2 Å². The molecule has 1 fully saturated rings. The van der Waals surface area contributed by atoms with Gasteiger partial charge in [0.1, 0.15) is 0 Å². The Balaban J connectivity index is 1.38. The smallest absolute Gasteiger partial charge is 0.254 e. The molecule has 2 heterocycles. The van der Waals surface area contributed by atoms with Gasteiger partial charge < -0.3 is 24.4 Å². The van der Waals surface area contributed by atoms with Gasteiger partial charge in [0.2, 0.25) is 11.7 Å². The third kappa shape index (κ3) is 5.20. The van der Waals surface area contributed by atoms with Gasteiger partial charge in [-0.15, -0.1) is 0 Å². The number of hydrogen-bond donors (Lipinski definition) is 1. The van der Waals surface area contributed by atoms with Crippen molar-refractivity contribution in [1.29, 1.82) is 0 Å². The fraction of sp³-hybridized carbons (Fsp3) is 0.320. The van der Waals surface area contributed by atoms with Gasteiger partial charge in [0.05, 0.1) is 21.3 Å². The first-order valence-corrected chi connectivity index (χ1v) is 11.1. The third-order valence-electron chi connectivity index (χ3n) is 5.77. The summed E-state index contributed by atoms with van der Waals surface area (Å²) >= 11 is 0. The molecule has 0 bridgehead atoms. The maximum absolute atomic E-state index is 13.1. The molecule has 3 aromatic rings. The lowest BCUT2D eigenvalue weighted by molar-refractivity contribution is 0.0627. The van der Waals surface area contributed by atoms with Gasteiger partial charge in [0, 0.05) is 61.9 Å². The largest absolute Gasteiger partial charge is 0.493 e. The highest BCUT2D eigenvalue weighted by atomic mass is 16.5. The molecule has 1 saturated heterocycles. The van der Waals surface area contributed by atoms with Crippen LogP contribution < -0.4 is 19.5 Å². The van der Waals surface area contributed by atoms with E-state index in [4.69, 9.17) is 14.2 Å². The number of hydrogen-bond acceptors (Lipinski definition) is 8. The molecular weight excluding hydrogens is 434 g/mol. The summed E-state index contributed by atoms with van der Waals surface area (Å²) in [6.07, 6.45) is 3.34. The van der Waals surface area contributed by atoms with E-state index in [-0.39, 0.29) is 5.91 Å². The van der Waals surface area contributed by atoms with Gasteiger partial charge in [-0.3, -0.25) is 9.69 Å². The summed E-state index contributed by atoms with van der Waals surface area (Å²) in [5.74, 6) is 2.40. The van der Waals surface area contributed by atoms with Crippen molar-refractivity contribution < 1.29 is 19.0 Å². The van der Waals surface area contributed by atoms with Crippen LogP contribution in [0.2, 0.25) is 0 Å². The molecule has 34 heavy (non-hydrogen) atoms. The number of rotatable bonds is 8. The van der Waals surface area contributed by atoms with Crippen LogP contribution >= 0.6 is 0 Å². The minimum absolute atomic E-state index is 0.0148. The van der Waals surface area contributed by atoms with Gasteiger partial charge in [-0.2, -0.15) is 0 Å². The van der Waals surface area contributed by atoms with Crippen molar-refractivity contribution in [3.63, 3.8) is 0 Å². The van der Waals surface area contributed by atoms with Crippen molar-refractivity contribution in [2.24, 2.45) is 0 Å². The molecule has 0 spiro atoms. The van der Waals surface area contributed by atoms with Crippen molar-refractivity contribution in [3.05, 3.63) is 66.0 Å². The summed E-state index contributed by atoms with van der Waals surface area (Å²) in [6.45, 7) is 3.52. The molecule has 9 heteroatoms. The zero-order chi connectivity index (χ0) is 23.9. The van der Waals surface area contributed by atoms with E-state index in [0.29, 0.717) is 48.4 Å². The second-order valence-electron chi connectivity index (χ2n) is 7.84. The summed E-state index contributed by atoms with van der Waals surface area (Å²) < 4.78 is 16.5. The lowest BCUT2D eigenvalue weighted by Gasteiger charge is -2.35. The van der Waals surface area contributed by atoms with Crippen LogP contribution in [-0.2, 0) is 6.54 Å². The Bertz CT molecular complexity index is 1120. The highest BCUT2D eigenvalue weighted by Crippen LogP contribution is 2.40. The average molecular weight is 464 g/mol. The molecule has 2 aromatic carbocycles. The number of benzene rings is 2. The maximum Gasteiger partial charge on any atom is 0.254 e. The van der Waals surface area contributed by atoms with Crippen molar-refractivity contribution in [2.75, 3.05) is 52.8 Å². The zero-order valence-electron chi connectivity index (χ0n) is 19.7. The minimum atomic E-state index is 0.0148. The molecule has 0 unspecified atom stereocenters. The Morgan fingerprint density at radius 3 is 2.32 bits per heavy atom. The number of nitrogens with one attached hydrogen (secondary N) is 1. The third-order valence-corrected chi connectivity index (χ3v) is 5.77. The standard InChI is InChI=1S/C25H29N5O4/c1-32-21-9-8-19(22(33-2)23(21)34-3)17-29-12-14-30(15-13-29)24(31)18-6-4-7-20(16-18)28-25-26-10-5-11-27-25/h4-11,16H,12-15,17H2,1-3H3,(H,26,27,28). The molecular formula is C25H29N5O4. The van der Waals surface area contributed by atoms with Crippen LogP contribution in [0.5, 0.6) is 17.2 Å². The molecule has 1 amide bonds. The highest BCUT2D eigenvalue weighted by molar-refractivity contribution is 5.95. The van der Waals surface area contributed by atoms with Gasteiger partial charge in [-0.1, -0.05) is 12.1 Å². The number of ether oxygens (including phenoxy) is 3. The minimum Gasteiger partial charge on any atom is -0.493 e. The van der Waals surface area contributed by atoms with E-state index in [9.17, 15) is 4.79 Å². The first kappa shape index (κ1) is 23.3. The molecule has 0 atom stereocenters. The van der Waals surface area contributed by atoms with Crippen LogP contribution in [0, 0.1) is 0 Å². The van der Waals surface area contributed by atoms with E-state index in [1.807, 2.05) is 41.3 Å². The van der Waals surface area contributed by atoms with Gasteiger partial charge in [-0.25, -0.2) is 9.97 Å². The average Bonchev–Trinajstić information content (AvgIpc) is 2.89. The molecule has 0 radical (unpaired) electrons. The van der Waals surface area contributed by atoms with Crippen molar-refractivity contribution in [1.82, 2.24) is 19.8 Å². The van der Waals surface area contributed by atoms with Gasteiger partial charge >= 0.3 is 0 Å². The Hall–Kier alpha value is -3.85. The summed E-state index contributed by atoms with van der Waals surface area (Å²) in [4.78, 5) is 25.6. The fourth-order valence-corrected chi connectivity index (χ4v) is 4.04. The van der Waals surface area contributed by atoms with E-state index in [0.717, 1.165) is 24.3 Å². The Morgan fingerprint density at radius 1 is 0.912 bits per heavy atom. The number of amides is 1. The van der Waals surface area contributed by atoms with Crippen LogP contribution in [0.4, 0.5) is 11.6 Å². The van der Waals surface area contributed by atoms with Crippen molar-refractivity contribution in [2.45, 2.75) is 6.54 Å². The maximum atomic E-state index is 13.1. The van der Waals surface area contributed by atoms with E-state index in [1.165, 1.54) is 0 Å². The molecule has 1 N–H and O–H groups in total. The molecule has 1 aromatic heterocycles. The Labute approximate surface area is 199 Å². The van der Waals surface area contributed by atoms with E-state index < -0.39 is 0 Å². The molecule has 178 valence electrons. The number of nitrogens with zero attached hydrogens (tertiary/aromatic N) is 4. The summed E-state index contributed by atoms with van der Waals surface area (Å²) in [5, 5.41) is 3.13. The number of carbonyl (C=O) groups excluding carboxylic acids is 1. The van der Waals surface area contributed by atoms with Gasteiger partial charge in [0.15, 0.2) is 11.5 Å². The molecule has 1 aliphatic rings. The summed E-state index contributed by atoms with van der Waals surface area (Å²) in [5.41, 5.74) is 2.43. The van der Waals surface area contributed by atoms with E-state index >= 15 is 0 Å². The SMILES string of the molecule is COc1ccc(CN2CCN(C(=O)c3cccc(Nc4ncccn4)c3)CC2)c(OC)c1OC. The van der Waals surface area contributed by atoms with Crippen molar-refractivity contribution in [3.8, 4) is 17.2 Å². The Kier molecular flexibility index (Phi) is 7.44. The summed E-state index contributed by atoms with van der Waals surface area (Å²) in [7, 11) is 4.84. The van der Waals surface area contributed by atoms with Crippen molar-refractivity contribution >= 4 is 17.5 Å². The van der Waals surface area contributed by atoms with Crippen LogP contribution in [0.1, 0.15) is 15.9 Å². The molecule has 1 aliphatic heterocycles. The van der Waals surface area contributed by atoms with Gasteiger partial charge in [0.25, 0.3) is 5.91 Å². The van der Waals surface area contributed by atoms with Crippen LogP contribution in [-0.4, -0.2) is 73.2 Å². The molecule has 4 rings (SSSR count). The number of piperazine rings is 1. The van der Waals surface area contributed by atoms with Gasteiger partial charge in [-0.05, 0) is 30.3 Å². The summed E-state index contributed by atoms with van der Waals surface area (Å²) in [6, 6.07) is 13.1. The lowest BCUT2D eigenvalue weighted by atomic mass is 10.1. The number of aromatic nitrogens is 2. The number of methoxy groups -OCH3 is 3. The molecule has 9 nitrogen and oxygen atoms in total. The fourth-order valence-electron chi connectivity index (χ4n) is 4.04. The van der Waals surface area contributed by atoms with Crippen LogP contribution in [0.3, 0.4) is 0 Å². The van der Waals surface area contributed by atoms with Crippen LogP contribution in [0.15, 0.2) is 54.9 Å². The lowest BCUT2D eigenvalue weighted by Crippen LogP contribution is -2.48. The first-order chi connectivity index (χ1) is 16.6. The Morgan fingerprint density at radius 2 is 1.65 bits per heavy atom. The van der Waals surface area contributed by atoms with Crippen LogP contribution in [0.25, 0.3) is 0 Å². The van der Waals surface area contributed by atoms with E-state index in [1.54, 1.807) is 39.8 Å². The zero-order valence-corrected chi connectivity index (χ0v) is 19.7. The molecule has 0 saturated carbocycles. The second-order valence-corrected chi connectivity index (χ2v) is 7.84. The highest BCUT2D eigenvalue weighted by Gasteiger charge is 2.24. The first-order valence-electron chi connectivity index (χ1n) is 11.1.